The molecule has 3 unspecified atom stereocenters. The zero-order chi connectivity index (χ0) is 34.4. The molecule has 3 atom stereocenters. The number of amides is 1. The number of pyridine rings is 1. The molecule has 2 aromatic rings. The number of aromatic nitrogens is 1. The quantitative estimate of drug-likeness (QED) is 0.247. The molecule has 1 heterocycles. The van der Waals surface area contributed by atoms with E-state index in [1.807, 2.05) is 0 Å². The van der Waals surface area contributed by atoms with E-state index >= 15 is 0 Å². The van der Waals surface area contributed by atoms with Gasteiger partial charge in [0.25, 0.3) is 0 Å². The number of carbonyl (C=O) groups excluding carboxylic acids is 2. The number of halogens is 3. The molecule has 0 saturated carbocycles. The van der Waals surface area contributed by atoms with E-state index in [9.17, 15) is 37.2 Å². The topological polar surface area (TPSA) is 144 Å². The van der Waals surface area contributed by atoms with Crippen LogP contribution in [0.2, 0.25) is 0 Å². The van der Waals surface area contributed by atoms with Crippen molar-refractivity contribution in [3.63, 3.8) is 0 Å². The van der Waals surface area contributed by atoms with Crippen molar-refractivity contribution < 1.29 is 51.4 Å². The smallest absolute Gasteiger partial charge is 0.423 e. The van der Waals surface area contributed by atoms with Crippen molar-refractivity contribution in [1.29, 1.82) is 0 Å². The molecule has 14 heteroatoms. The number of esters is 1. The third-order valence-electron chi connectivity index (χ3n) is 6.13. The molecule has 0 spiro atoms. The Bertz CT molecular complexity index is 1320. The van der Waals surface area contributed by atoms with E-state index in [0.29, 0.717) is 11.3 Å². The zero-order valence-corrected chi connectivity index (χ0v) is 27.6. The summed E-state index contributed by atoms with van der Waals surface area (Å²) in [6, 6.07) is 7.36. The fourth-order valence-corrected chi connectivity index (χ4v) is 5.08. The highest BCUT2D eigenvalue weighted by Gasteiger charge is 2.55. The van der Waals surface area contributed by atoms with Gasteiger partial charge in [-0.05, 0) is 91.6 Å². The lowest BCUT2D eigenvalue weighted by atomic mass is 9.95. The van der Waals surface area contributed by atoms with Crippen molar-refractivity contribution in [2.45, 2.75) is 103 Å². The van der Waals surface area contributed by atoms with Gasteiger partial charge in [0.1, 0.15) is 28.7 Å². The first-order valence-corrected chi connectivity index (χ1v) is 15.7. The molecule has 0 aliphatic heterocycles. The van der Waals surface area contributed by atoms with E-state index in [4.69, 9.17) is 14.2 Å². The van der Waals surface area contributed by atoms with E-state index < -0.39 is 75.4 Å². The van der Waals surface area contributed by atoms with Crippen LogP contribution in [0.5, 0.6) is 11.5 Å². The summed E-state index contributed by atoms with van der Waals surface area (Å²) < 4.78 is 71.3. The second kappa shape index (κ2) is 14.5. The number of nitrogens with zero attached hydrogens (tertiary/aromatic N) is 1. The first-order chi connectivity index (χ1) is 20.4. The van der Waals surface area contributed by atoms with E-state index in [1.54, 1.807) is 79.7 Å². The van der Waals surface area contributed by atoms with Crippen LogP contribution in [0.25, 0.3) is 0 Å². The molecule has 0 aliphatic carbocycles. The second-order valence-corrected chi connectivity index (χ2v) is 14.7. The predicted molar refractivity (Wildman–Crippen MR) is 162 cm³/mol. The predicted octanol–water partition coefficient (Wildman–Crippen LogP) is 5.62. The van der Waals surface area contributed by atoms with Gasteiger partial charge in [0.15, 0.2) is 0 Å². The maximum absolute atomic E-state index is 14.1. The fourth-order valence-electron chi connectivity index (χ4n) is 3.85. The number of hydrogen-bond donors (Lipinski definition) is 3. The number of ether oxygens (including phenoxy) is 3. The first kappa shape index (κ1) is 38.0. The summed E-state index contributed by atoms with van der Waals surface area (Å²) in [5.74, 6) is -1.23. The molecular formula is C31H43F3N2O8S. The van der Waals surface area contributed by atoms with Crippen LogP contribution < -0.4 is 10.1 Å². The van der Waals surface area contributed by atoms with Crippen molar-refractivity contribution in [1.82, 2.24) is 10.3 Å². The van der Waals surface area contributed by atoms with Crippen LogP contribution in [0.3, 0.4) is 0 Å². The van der Waals surface area contributed by atoms with Gasteiger partial charge in [-0.25, -0.2) is 9.59 Å². The number of benzene rings is 1. The Morgan fingerprint density at radius 1 is 0.867 bits per heavy atom. The molecule has 1 amide bonds. The number of nitrogens with one attached hydrogen (secondary N) is 1. The molecule has 0 fully saturated rings. The van der Waals surface area contributed by atoms with Gasteiger partial charge >= 0.3 is 18.2 Å². The van der Waals surface area contributed by atoms with E-state index in [-0.39, 0.29) is 17.9 Å². The lowest BCUT2D eigenvalue weighted by molar-refractivity contribution is -0.268. The Labute approximate surface area is 264 Å². The largest absolute Gasteiger partial charge is 0.458 e. The summed E-state index contributed by atoms with van der Waals surface area (Å²) in [6.07, 6.45) is -6.24. The average molecular weight is 661 g/mol. The van der Waals surface area contributed by atoms with Crippen LogP contribution in [0, 0.1) is 0 Å². The number of carbonyl (C=O) groups is 2. The summed E-state index contributed by atoms with van der Waals surface area (Å²) in [5.41, 5.74) is -6.33. The minimum Gasteiger partial charge on any atom is -0.458 e. The zero-order valence-electron chi connectivity index (χ0n) is 26.8. The Morgan fingerprint density at radius 2 is 1.42 bits per heavy atom. The van der Waals surface area contributed by atoms with Gasteiger partial charge in [0.2, 0.25) is 5.60 Å². The third-order valence-corrected chi connectivity index (χ3v) is 7.48. The van der Waals surface area contributed by atoms with Crippen LogP contribution in [-0.4, -0.2) is 66.4 Å². The first-order valence-electron chi connectivity index (χ1n) is 14.2. The van der Waals surface area contributed by atoms with E-state index in [2.05, 4.69) is 10.3 Å². The lowest BCUT2D eigenvalue weighted by Crippen LogP contribution is -2.47. The maximum Gasteiger partial charge on any atom is 0.423 e. The molecule has 0 bridgehead atoms. The number of rotatable bonds is 12. The van der Waals surface area contributed by atoms with Crippen molar-refractivity contribution in [3.05, 3.63) is 53.9 Å². The number of alkyl carbamates (subject to hydrolysis) is 1. The van der Waals surface area contributed by atoms with Crippen LogP contribution in [0.1, 0.15) is 79.5 Å². The lowest BCUT2D eigenvalue weighted by Gasteiger charge is -2.30. The monoisotopic (exact) mass is 660 g/mol. The summed E-state index contributed by atoms with van der Waals surface area (Å²) in [7, 11) is -1.94. The molecule has 0 saturated heterocycles. The van der Waals surface area contributed by atoms with Crippen molar-refractivity contribution in [2.24, 2.45) is 0 Å². The molecule has 252 valence electrons. The standard InChI is InChI=1S/C31H43F3N2O8S/c1-27(2,3)43-25(37)23(36-26(38)44-28(4,5)6)15-17-45(41)18-16-30(40,31(32,33)34)24-14-13-22(19-35-24)42-21-11-9-20(10-12-21)29(7,8)39/h9-14,19,23,39-40H,15-18H2,1-8H3,(H,36,38). The highest BCUT2D eigenvalue weighted by atomic mass is 32.2. The van der Waals surface area contributed by atoms with Crippen LogP contribution in [0.4, 0.5) is 18.0 Å². The summed E-state index contributed by atoms with van der Waals surface area (Å²) >= 11 is 0. The second-order valence-electron chi connectivity index (χ2n) is 13.0. The molecule has 0 aliphatic rings. The molecule has 10 nitrogen and oxygen atoms in total. The maximum atomic E-state index is 14.1. The number of alkyl halides is 3. The van der Waals surface area contributed by atoms with Crippen molar-refractivity contribution >= 4 is 22.9 Å². The highest BCUT2D eigenvalue weighted by molar-refractivity contribution is 7.84. The molecule has 1 aromatic heterocycles. The summed E-state index contributed by atoms with van der Waals surface area (Å²) in [6.45, 7) is 13.0. The minimum atomic E-state index is -5.16. The SMILES string of the molecule is CC(C)(C)OC(=O)NC(CCS(=O)CCC(O)(c1ccc(Oc2ccc(C(C)(C)O)cc2)cn1)C(F)(F)F)C(=O)OC(C)(C)C. The van der Waals surface area contributed by atoms with Gasteiger partial charge in [-0.2, -0.15) is 13.2 Å². The van der Waals surface area contributed by atoms with Crippen LogP contribution in [0.15, 0.2) is 42.6 Å². The Balaban J connectivity index is 2.11. The Kier molecular flexibility index (Phi) is 12.2. The summed E-state index contributed by atoms with van der Waals surface area (Å²) in [4.78, 5) is 28.8. The molecule has 1 aromatic carbocycles. The van der Waals surface area contributed by atoms with E-state index in [0.717, 1.165) is 12.3 Å². The minimum absolute atomic E-state index is 0.105. The highest BCUT2D eigenvalue weighted by Crippen LogP contribution is 2.41. The molecular weight excluding hydrogens is 617 g/mol. The van der Waals surface area contributed by atoms with Crippen molar-refractivity contribution in [2.75, 3.05) is 11.5 Å². The fraction of sp³-hybridized carbons (Fsp3) is 0.581. The normalized spacial score (nSPS) is 15.4. The molecule has 2 rings (SSSR count). The van der Waals surface area contributed by atoms with Gasteiger partial charge in [-0.1, -0.05) is 12.1 Å². The Morgan fingerprint density at radius 3 is 1.89 bits per heavy atom. The van der Waals surface area contributed by atoms with Crippen LogP contribution in [-0.2, 0) is 36.3 Å². The molecule has 0 radical (unpaired) electrons. The van der Waals surface area contributed by atoms with Gasteiger partial charge in [-0.15, -0.1) is 0 Å². The van der Waals surface area contributed by atoms with Crippen molar-refractivity contribution in [3.8, 4) is 11.5 Å². The average Bonchev–Trinajstić information content (AvgIpc) is 2.87. The molecule has 45 heavy (non-hydrogen) atoms. The van der Waals surface area contributed by atoms with E-state index in [1.165, 1.54) is 6.07 Å². The summed E-state index contributed by atoms with van der Waals surface area (Å²) in [5, 5.41) is 23.2. The Hall–Kier alpha value is -3.23. The van der Waals surface area contributed by atoms with Gasteiger partial charge in [0.05, 0.1) is 17.5 Å². The third kappa shape index (κ3) is 12.2. The number of aliphatic hydroxyl groups is 2. The van der Waals surface area contributed by atoms with Gasteiger partial charge in [0, 0.05) is 28.7 Å². The number of hydrogen-bond acceptors (Lipinski definition) is 9. The van der Waals surface area contributed by atoms with Gasteiger partial charge in [-0.3, -0.25) is 9.19 Å². The van der Waals surface area contributed by atoms with Gasteiger partial charge < -0.3 is 29.7 Å². The molecule has 3 N–H and O–H groups in total. The van der Waals surface area contributed by atoms with Crippen LogP contribution >= 0.6 is 0 Å².